The van der Waals surface area contributed by atoms with Gasteiger partial charge in [-0.15, -0.1) is 0 Å². The Balaban J connectivity index is 2.42. The van der Waals surface area contributed by atoms with E-state index in [1.54, 1.807) is 18.3 Å². The number of hydrogen-bond donors (Lipinski definition) is 1. The van der Waals surface area contributed by atoms with Crippen LogP contribution in [0.15, 0.2) is 29.6 Å². The van der Waals surface area contributed by atoms with Gasteiger partial charge in [0, 0.05) is 11.8 Å². The van der Waals surface area contributed by atoms with Crippen LogP contribution in [0.2, 0.25) is 10.0 Å². The molecule has 3 aromatic rings. The minimum absolute atomic E-state index is 0.413. The number of rotatable bonds is 2. The molecule has 0 saturated heterocycles. The van der Waals surface area contributed by atoms with Gasteiger partial charge in [0.1, 0.15) is 11.7 Å². The first-order valence-corrected chi connectivity index (χ1v) is 7.91. The van der Waals surface area contributed by atoms with Crippen molar-refractivity contribution >= 4 is 46.0 Å². The lowest BCUT2D eigenvalue weighted by molar-refractivity contribution is 1.00. The molecule has 0 amide bonds. The number of hydrogen-bond acceptors (Lipinski definition) is 4. The third-order valence-corrected chi connectivity index (χ3v) is 4.39. The predicted octanol–water partition coefficient (Wildman–Crippen LogP) is 4.53. The smallest absolute Gasteiger partial charge is 0.189 e. The van der Waals surface area contributed by atoms with E-state index >= 15 is 0 Å². The van der Waals surface area contributed by atoms with Crippen LogP contribution in [0, 0.1) is 11.3 Å². The number of nitrogens with zero attached hydrogens (tertiary/aromatic N) is 3. The van der Waals surface area contributed by atoms with Crippen LogP contribution in [0.5, 0.6) is 0 Å². The first kappa shape index (κ1) is 14.2. The van der Waals surface area contributed by atoms with Crippen molar-refractivity contribution in [3.63, 3.8) is 0 Å². The zero-order valence-corrected chi connectivity index (χ0v) is 13.1. The summed E-state index contributed by atoms with van der Waals surface area (Å²) in [5.74, 6) is 0. The van der Waals surface area contributed by atoms with Gasteiger partial charge in [0.25, 0.3) is 0 Å². The summed E-state index contributed by atoms with van der Waals surface area (Å²) in [6.07, 6.45) is 3.50. The summed E-state index contributed by atoms with van der Waals surface area (Å²) < 4.78 is 0. The molecule has 0 fully saturated rings. The summed E-state index contributed by atoms with van der Waals surface area (Å²) in [4.78, 5) is 11.9. The fraction of sp³-hybridized carbons (Fsp3) is 0.0714. The van der Waals surface area contributed by atoms with Gasteiger partial charge in [-0.2, -0.15) is 5.26 Å². The third-order valence-electron chi connectivity index (χ3n) is 3.02. The molecule has 2 heterocycles. The van der Waals surface area contributed by atoms with Gasteiger partial charge in [0.15, 0.2) is 5.16 Å². The zero-order valence-electron chi connectivity index (χ0n) is 10.8. The molecule has 0 aliphatic carbocycles. The predicted molar refractivity (Wildman–Crippen MR) is 85.8 cm³/mol. The van der Waals surface area contributed by atoms with Gasteiger partial charge in [-0.1, -0.05) is 47.1 Å². The van der Waals surface area contributed by atoms with Gasteiger partial charge in [0.2, 0.25) is 0 Å². The van der Waals surface area contributed by atoms with E-state index in [2.05, 4.69) is 21.0 Å². The zero-order chi connectivity index (χ0) is 15.0. The molecule has 7 heteroatoms. The molecule has 0 radical (unpaired) electrons. The van der Waals surface area contributed by atoms with Crippen LogP contribution in [-0.4, -0.2) is 21.2 Å². The van der Waals surface area contributed by atoms with Crippen LogP contribution in [0.25, 0.3) is 22.3 Å². The van der Waals surface area contributed by atoms with Gasteiger partial charge in [-0.05, 0) is 12.3 Å². The van der Waals surface area contributed by atoms with Gasteiger partial charge >= 0.3 is 0 Å². The second-order valence-electron chi connectivity index (χ2n) is 4.20. The van der Waals surface area contributed by atoms with Crippen molar-refractivity contribution in [1.82, 2.24) is 15.0 Å². The highest BCUT2D eigenvalue weighted by Crippen LogP contribution is 2.37. The molecule has 0 atom stereocenters. The molecule has 0 aliphatic rings. The van der Waals surface area contributed by atoms with E-state index in [1.807, 2.05) is 12.3 Å². The van der Waals surface area contributed by atoms with Crippen LogP contribution in [0.4, 0.5) is 0 Å². The average molecular weight is 335 g/mol. The number of aromatic nitrogens is 3. The van der Waals surface area contributed by atoms with Crippen molar-refractivity contribution in [2.45, 2.75) is 5.16 Å². The Morgan fingerprint density at radius 1 is 1.29 bits per heavy atom. The minimum atomic E-state index is 0.413. The topological polar surface area (TPSA) is 65.4 Å². The van der Waals surface area contributed by atoms with Gasteiger partial charge in [-0.3, -0.25) is 0 Å². The van der Waals surface area contributed by atoms with Crippen molar-refractivity contribution in [2.24, 2.45) is 0 Å². The van der Waals surface area contributed by atoms with E-state index in [1.165, 1.54) is 11.8 Å². The molecular formula is C14H8Cl2N4S. The van der Waals surface area contributed by atoms with Crippen molar-refractivity contribution in [3.8, 4) is 17.3 Å². The largest absolute Gasteiger partial charge is 0.345 e. The SMILES string of the molecule is CSc1nc(-c2cccc(Cl)c2Cl)c2c(C#N)c[nH]c2n1. The molecular weight excluding hydrogens is 327 g/mol. The first-order valence-electron chi connectivity index (χ1n) is 5.93. The average Bonchev–Trinajstić information content (AvgIpc) is 2.92. The molecule has 1 N–H and O–H groups in total. The van der Waals surface area contributed by atoms with Crippen LogP contribution in [0.1, 0.15) is 5.56 Å². The van der Waals surface area contributed by atoms with Crippen LogP contribution in [0.3, 0.4) is 0 Å². The third kappa shape index (κ3) is 2.36. The Bertz CT molecular complexity index is 883. The molecule has 0 saturated carbocycles. The fourth-order valence-corrected chi connectivity index (χ4v) is 2.83. The van der Waals surface area contributed by atoms with Gasteiger partial charge in [0.05, 0.1) is 26.7 Å². The summed E-state index contributed by atoms with van der Waals surface area (Å²) >= 11 is 13.8. The summed E-state index contributed by atoms with van der Waals surface area (Å²) in [5.41, 5.74) is 2.37. The van der Waals surface area contributed by atoms with Gasteiger partial charge < -0.3 is 4.98 Å². The highest BCUT2D eigenvalue weighted by molar-refractivity contribution is 7.98. The molecule has 0 aliphatic heterocycles. The van der Waals surface area contributed by atoms with E-state index in [4.69, 9.17) is 23.2 Å². The Labute approximate surface area is 135 Å². The molecule has 4 nitrogen and oxygen atoms in total. The molecule has 2 aromatic heterocycles. The molecule has 3 rings (SSSR count). The number of H-pyrrole nitrogens is 1. The fourth-order valence-electron chi connectivity index (χ4n) is 2.07. The summed E-state index contributed by atoms with van der Waals surface area (Å²) in [5, 5.41) is 11.4. The van der Waals surface area contributed by atoms with E-state index in [0.29, 0.717) is 43.1 Å². The Morgan fingerprint density at radius 2 is 2.10 bits per heavy atom. The number of thioether (sulfide) groups is 1. The Kier molecular flexibility index (Phi) is 3.77. The van der Waals surface area contributed by atoms with Gasteiger partial charge in [-0.25, -0.2) is 9.97 Å². The second kappa shape index (κ2) is 5.57. The molecule has 21 heavy (non-hydrogen) atoms. The molecule has 0 spiro atoms. The van der Waals surface area contributed by atoms with Crippen LogP contribution < -0.4 is 0 Å². The van der Waals surface area contributed by atoms with Crippen molar-refractivity contribution < 1.29 is 0 Å². The van der Waals surface area contributed by atoms with E-state index in [0.717, 1.165) is 0 Å². The summed E-state index contributed by atoms with van der Waals surface area (Å²) in [6, 6.07) is 7.48. The molecule has 0 bridgehead atoms. The maximum atomic E-state index is 9.26. The monoisotopic (exact) mass is 334 g/mol. The van der Waals surface area contributed by atoms with Crippen molar-refractivity contribution in [3.05, 3.63) is 40.0 Å². The molecule has 0 unspecified atom stereocenters. The van der Waals surface area contributed by atoms with Crippen molar-refractivity contribution in [1.29, 1.82) is 5.26 Å². The summed E-state index contributed by atoms with van der Waals surface area (Å²) in [6.45, 7) is 0. The highest BCUT2D eigenvalue weighted by Gasteiger charge is 2.17. The Morgan fingerprint density at radius 3 is 2.81 bits per heavy atom. The highest BCUT2D eigenvalue weighted by atomic mass is 35.5. The maximum Gasteiger partial charge on any atom is 0.189 e. The quantitative estimate of drug-likeness (QED) is 0.552. The standard InChI is InChI=1S/C14H8Cl2N4S/c1-21-14-19-12(8-3-2-4-9(15)11(8)16)10-7(5-17)6-18-13(10)20-14/h2-4,6H,1H3,(H,18,19,20). The van der Waals surface area contributed by atoms with Crippen LogP contribution in [-0.2, 0) is 0 Å². The maximum absolute atomic E-state index is 9.26. The number of nitrogens with one attached hydrogen (secondary N) is 1. The van der Waals surface area contributed by atoms with Crippen LogP contribution >= 0.6 is 35.0 Å². The first-order chi connectivity index (χ1) is 10.2. The number of aromatic amines is 1. The normalized spacial score (nSPS) is 10.8. The second-order valence-corrected chi connectivity index (χ2v) is 5.76. The minimum Gasteiger partial charge on any atom is -0.345 e. The van der Waals surface area contributed by atoms with E-state index < -0.39 is 0 Å². The number of fused-ring (bicyclic) bond motifs is 1. The Hall–Kier alpha value is -1.74. The van der Waals surface area contributed by atoms with E-state index in [-0.39, 0.29) is 0 Å². The lowest BCUT2D eigenvalue weighted by atomic mass is 10.1. The van der Waals surface area contributed by atoms with Crippen molar-refractivity contribution in [2.75, 3.05) is 6.26 Å². The molecule has 1 aromatic carbocycles. The number of halogens is 2. The lowest BCUT2D eigenvalue weighted by Crippen LogP contribution is -1.94. The number of benzene rings is 1. The molecule has 104 valence electrons. The lowest BCUT2D eigenvalue weighted by Gasteiger charge is -2.08. The number of nitriles is 1. The van der Waals surface area contributed by atoms with E-state index in [9.17, 15) is 5.26 Å². The summed E-state index contributed by atoms with van der Waals surface area (Å²) in [7, 11) is 0.